The predicted molar refractivity (Wildman–Crippen MR) is 270 cm³/mol. The number of benzene rings is 10. The fraction of sp³-hybridized carbons (Fsp3) is 0. The molecule has 0 radical (unpaired) electrons. The number of para-hydroxylation sites is 1. The smallest absolute Gasteiger partial charge is 0.0540 e. The van der Waals surface area contributed by atoms with Crippen molar-refractivity contribution in [1.82, 2.24) is 0 Å². The second kappa shape index (κ2) is 15.0. The second-order valence-corrected chi connectivity index (χ2v) is 17.0. The van der Waals surface area contributed by atoms with Gasteiger partial charge in [-0.3, -0.25) is 0 Å². The van der Waals surface area contributed by atoms with Crippen molar-refractivity contribution in [2.24, 2.45) is 0 Å². The minimum absolute atomic E-state index is 1.09. The first-order valence-corrected chi connectivity index (χ1v) is 22.1. The van der Waals surface area contributed by atoms with E-state index in [0.29, 0.717) is 0 Å². The van der Waals surface area contributed by atoms with Crippen LogP contribution in [-0.2, 0) is 0 Å². The third kappa shape index (κ3) is 5.99. The first-order valence-electron chi connectivity index (χ1n) is 21.3. The van der Waals surface area contributed by atoms with Crippen LogP contribution in [0.25, 0.3) is 96.3 Å². The lowest BCUT2D eigenvalue weighted by atomic mass is 9.92. The van der Waals surface area contributed by atoms with Crippen LogP contribution in [0.3, 0.4) is 0 Å². The van der Waals surface area contributed by atoms with Gasteiger partial charge in [0.05, 0.1) is 5.69 Å². The van der Waals surface area contributed by atoms with E-state index in [1.54, 1.807) is 0 Å². The molecule has 0 amide bonds. The SMILES string of the molecule is c1ccc(-c2ccc(N(c3ccc4c5ccccc5c5ccccc5c5ccccc5c5c(ccc6sc7ccccc7c65)c4c3)c3ccccc3-c3ccccc3)cc2)cc1. The van der Waals surface area contributed by atoms with E-state index < -0.39 is 0 Å². The first kappa shape index (κ1) is 36.1. The highest BCUT2D eigenvalue weighted by Crippen LogP contribution is 2.46. The van der Waals surface area contributed by atoms with E-state index >= 15 is 0 Å². The monoisotopic (exact) mass is 805 g/mol. The van der Waals surface area contributed by atoms with Crippen LogP contribution in [0.4, 0.5) is 17.1 Å². The second-order valence-electron chi connectivity index (χ2n) is 16.0. The molecule has 0 N–H and O–H groups in total. The average molecular weight is 806 g/mol. The standard InChI is InChI=1S/C60H39NS/c1-3-17-40(18-4-1)41-31-33-43(34-32-41)61(56-29-15-13-21-45(56)42-19-5-2-6-20-42)44-35-36-51-49-25-10-8-23-47(49)46-22-7-9-24-48(46)50-26-11-12-27-52(50)59-53(55(51)39-44)37-38-58-60(59)54-28-14-16-30-57(54)62-58/h1-39H. The van der Waals surface area contributed by atoms with E-state index in [9.17, 15) is 0 Å². The minimum Gasteiger partial charge on any atom is -0.310 e. The summed E-state index contributed by atoms with van der Waals surface area (Å²) in [6.07, 6.45) is 0. The highest BCUT2D eigenvalue weighted by molar-refractivity contribution is 7.26. The molecular weight excluding hydrogens is 767 g/mol. The summed E-state index contributed by atoms with van der Waals surface area (Å²) >= 11 is 1.88. The normalized spacial score (nSPS) is 11.5. The Morgan fingerprint density at radius 2 is 0.710 bits per heavy atom. The van der Waals surface area contributed by atoms with E-state index in [4.69, 9.17) is 0 Å². The Bertz CT molecular complexity index is 3740. The lowest BCUT2D eigenvalue weighted by molar-refractivity contribution is 1.29. The van der Waals surface area contributed by atoms with Crippen molar-refractivity contribution in [3.63, 3.8) is 0 Å². The molecule has 12 rings (SSSR count). The molecule has 12 aromatic rings. The van der Waals surface area contributed by atoms with Crippen molar-refractivity contribution in [3.8, 4) is 22.3 Å². The molecule has 0 unspecified atom stereocenters. The van der Waals surface area contributed by atoms with Crippen LogP contribution in [-0.4, -0.2) is 0 Å². The molecule has 0 aliphatic heterocycles. The van der Waals surface area contributed by atoms with E-state index in [0.717, 1.165) is 17.1 Å². The average Bonchev–Trinajstić information content (AvgIpc) is 3.73. The molecule has 0 saturated heterocycles. The highest BCUT2D eigenvalue weighted by Gasteiger charge is 2.20. The number of fused-ring (bicyclic) bond motifs is 14. The van der Waals surface area contributed by atoms with Crippen molar-refractivity contribution < 1.29 is 0 Å². The van der Waals surface area contributed by atoms with Gasteiger partial charge in [0.2, 0.25) is 0 Å². The van der Waals surface area contributed by atoms with Crippen molar-refractivity contribution in [1.29, 1.82) is 0 Å². The first-order chi connectivity index (χ1) is 30.8. The van der Waals surface area contributed by atoms with Gasteiger partial charge in [-0.15, -0.1) is 11.3 Å². The Balaban J connectivity index is 1.26. The molecule has 0 aliphatic rings. The maximum absolute atomic E-state index is 2.45. The molecule has 0 saturated carbocycles. The van der Waals surface area contributed by atoms with E-state index in [1.165, 1.54) is 96.3 Å². The summed E-state index contributed by atoms with van der Waals surface area (Å²) in [5.41, 5.74) is 8.03. The van der Waals surface area contributed by atoms with Gasteiger partial charge >= 0.3 is 0 Å². The van der Waals surface area contributed by atoms with E-state index in [-0.39, 0.29) is 0 Å². The Kier molecular flexibility index (Phi) is 8.76. The summed E-state index contributed by atoms with van der Waals surface area (Å²) in [4.78, 5) is 2.45. The summed E-state index contributed by atoms with van der Waals surface area (Å²) < 4.78 is 2.59. The predicted octanol–water partition coefficient (Wildman–Crippen LogP) is 17.7. The van der Waals surface area contributed by atoms with Gasteiger partial charge in [-0.1, -0.05) is 194 Å². The van der Waals surface area contributed by atoms with Crippen molar-refractivity contribution in [3.05, 3.63) is 237 Å². The molecule has 11 aromatic carbocycles. The molecule has 0 bridgehead atoms. The van der Waals surface area contributed by atoms with Crippen LogP contribution in [0.1, 0.15) is 0 Å². The number of rotatable bonds is 5. The van der Waals surface area contributed by atoms with Gasteiger partial charge in [-0.25, -0.2) is 0 Å². The fourth-order valence-electron chi connectivity index (χ4n) is 9.68. The number of hydrogen-bond acceptors (Lipinski definition) is 2. The zero-order valence-electron chi connectivity index (χ0n) is 33.9. The molecule has 0 fully saturated rings. The Hall–Kier alpha value is -7.78. The molecule has 1 nitrogen and oxygen atoms in total. The molecular formula is C60H39NS. The topological polar surface area (TPSA) is 3.24 Å². The maximum atomic E-state index is 2.45. The van der Waals surface area contributed by atoms with Gasteiger partial charge in [-0.05, 0) is 113 Å². The van der Waals surface area contributed by atoms with Gasteiger partial charge in [0.15, 0.2) is 0 Å². The third-order valence-electron chi connectivity index (χ3n) is 12.5. The molecule has 62 heavy (non-hydrogen) atoms. The van der Waals surface area contributed by atoms with Gasteiger partial charge < -0.3 is 4.90 Å². The van der Waals surface area contributed by atoms with Gasteiger partial charge in [-0.2, -0.15) is 0 Å². The quantitative estimate of drug-likeness (QED) is 0.167. The lowest BCUT2D eigenvalue weighted by Crippen LogP contribution is -2.11. The van der Waals surface area contributed by atoms with Crippen LogP contribution in [0, 0.1) is 0 Å². The zero-order chi connectivity index (χ0) is 41.0. The van der Waals surface area contributed by atoms with Gasteiger partial charge in [0.25, 0.3) is 0 Å². The van der Waals surface area contributed by atoms with Crippen LogP contribution in [0.2, 0.25) is 0 Å². The third-order valence-corrected chi connectivity index (χ3v) is 13.6. The van der Waals surface area contributed by atoms with E-state index in [1.807, 2.05) is 11.3 Å². The van der Waals surface area contributed by atoms with Crippen molar-refractivity contribution >= 4 is 102 Å². The van der Waals surface area contributed by atoms with Gasteiger partial charge in [0, 0.05) is 37.1 Å². The number of hydrogen-bond donors (Lipinski definition) is 0. The lowest BCUT2D eigenvalue weighted by Gasteiger charge is -2.28. The maximum Gasteiger partial charge on any atom is 0.0540 e. The molecule has 0 spiro atoms. The van der Waals surface area contributed by atoms with Crippen molar-refractivity contribution in [2.45, 2.75) is 0 Å². The molecule has 0 aliphatic carbocycles. The number of thiophene rings is 1. The summed E-state index contributed by atoms with van der Waals surface area (Å²) in [5, 5.41) is 14.9. The summed E-state index contributed by atoms with van der Waals surface area (Å²) in [6, 6.07) is 87.0. The Morgan fingerprint density at radius 3 is 1.37 bits per heavy atom. The number of anilines is 3. The summed E-state index contributed by atoms with van der Waals surface area (Å²) in [5.74, 6) is 0. The minimum atomic E-state index is 1.09. The molecule has 0 atom stereocenters. The molecule has 2 heteroatoms. The summed E-state index contributed by atoms with van der Waals surface area (Å²) in [7, 11) is 0. The van der Waals surface area contributed by atoms with Crippen molar-refractivity contribution in [2.75, 3.05) is 4.90 Å². The summed E-state index contributed by atoms with van der Waals surface area (Å²) in [6.45, 7) is 0. The largest absolute Gasteiger partial charge is 0.310 e. The van der Waals surface area contributed by atoms with Crippen LogP contribution in [0.5, 0.6) is 0 Å². The highest BCUT2D eigenvalue weighted by atomic mass is 32.1. The van der Waals surface area contributed by atoms with Crippen LogP contribution < -0.4 is 4.90 Å². The Labute approximate surface area is 364 Å². The number of nitrogens with zero attached hydrogens (tertiary/aromatic N) is 1. The van der Waals surface area contributed by atoms with Gasteiger partial charge in [0.1, 0.15) is 0 Å². The fourth-order valence-corrected chi connectivity index (χ4v) is 10.8. The van der Waals surface area contributed by atoms with E-state index in [2.05, 4.69) is 241 Å². The zero-order valence-corrected chi connectivity index (χ0v) is 34.7. The molecule has 1 aromatic heterocycles. The molecule has 1 heterocycles. The van der Waals surface area contributed by atoms with Crippen LogP contribution in [0.15, 0.2) is 237 Å². The Morgan fingerprint density at radius 1 is 0.258 bits per heavy atom. The molecule has 290 valence electrons. The van der Waals surface area contributed by atoms with Crippen LogP contribution >= 0.6 is 11.3 Å².